The minimum atomic E-state index is -0.823. The van der Waals surface area contributed by atoms with E-state index < -0.39 is 18.2 Å². The number of carbonyl (C=O) groups excluding carboxylic acids is 1. The number of rotatable bonds is 3. The second-order valence-corrected chi connectivity index (χ2v) is 4.91. The third-order valence-corrected chi connectivity index (χ3v) is 3.52. The number of amides is 1. The second-order valence-electron chi connectivity index (χ2n) is 4.91. The summed E-state index contributed by atoms with van der Waals surface area (Å²) in [5, 5.41) is 30.7. The molecule has 1 aromatic carbocycles. The van der Waals surface area contributed by atoms with Gasteiger partial charge in [0.2, 0.25) is 5.91 Å². The van der Waals surface area contributed by atoms with Gasteiger partial charge in [-0.3, -0.25) is 9.69 Å². The predicted molar refractivity (Wildman–Crippen MR) is 72.8 cm³/mol. The lowest BCUT2D eigenvalue weighted by Crippen LogP contribution is -2.41. The summed E-state index contributed by atoms with van der Waals surface area (Å²) in [4.78, 5) is 13.9. The molecular weight excluding hydrogens is 258 g/mol. The lowest BCUT2D eigenvalue weighted by Gasteiger charge is -2.23. The zero-order valence-electron chi connectivity index (χ0n) is 11.2. The van der Waals surface area contributed by atoms with Crippen LogP contribution in [0.3, 0.4) is 0 Å². The Morgan fingerprint density at radius 3 is 2.60 bits per heavy atom. The van der Waals surface area contributed by atoms with E-state index in [2.05, 4.69) is 5.32 Å². The van der Waals surface area contributed by atoms with Gasteiger partial charge >= 0.3 is 0 Å². The summed E-state index contributed by atoms with van der Waals surface area (Å²) in [6, 6.07) is 8.28. The van der Waals surface area contributed by atoms with Crippen molar-refractivity contribution in [1.82, 2.24) is 4.90 Å². The van der Waals surface area contributed by atoms with Gasteiger partial charge in [0.15, 0.2) is 0 Å². The Kier molecular flexibility index (Phi) is 4.35. The average Bonchev–Trinajstić information content (AvgIpc) is 2.78. The molecule has 0 radical (unpaired) electrons. The van der Waals surface area contributed by atoms with Crippen molar-refractivity contribution < 1.29 is 15.0 Å². The van der Waals surface area contributed by atoms with Crippen LogP contribution in [0, 0.1) is 11.3 Å². The van der Waals surface area contributed by atoms with E-state index in [1.54, 1.807) is 36.1 Å². The van der Waals surface area contributed by atoms with Crippen LogP contribution in [-0.4, -0.2) is 52.4 Å². The van der Waals surface area contributed by atoms with Crippen LogP contribution < -0.4 is 5.32 Å². The maximum absolute atomic E-state index is 12.2. The molecule has 0 saturated carbocycles. The number of hydrogen-bond acceptors (Lipinski definition) is 5. The molecule has 1 heterocycles. The number of β-amino-alcohol motifs (C(OH)–C–C–N with tert-alkyl or cyclic N) is 2. The third-order valence-electron chi connectivity index (χ3n) is 3.52. The van der Waals surface area contributed by atoms with Crippen LogP contribution in [0.25, 0.3) is 0 Å². The highest BCUT2D eigenvalue weighted by molar-refractivity contribution is 5.95. The van der Waals surface area contributed by atoms with Gasteiger partial charge in [-0.05, 0) is 19.1 Å². The molecule has 1 amide bonds. The molecule has 3 unspecified atom stereocenters. The first kappa shape index (κ1) is 14.5. The molecule has 1 aliphatic heterocycles. The summed E-state index contributed by atoms with van der Waals surface area (Å²) in [7, 11) is 0. The Morgan fingerprint density at radius 2 is 2.00 bits per heavy atom. The SMILES string of the molecule is CC(C(=O)Nc1ccccc1C#N)N1CC(O)C(O)C1. The lowest BCUT2D eigenvalue weighted by molar-refractivity contribution is -0.120. The minimum Gasteiger partial charge on any atom is -0.389 e. The Bertz CT molecular complexity index is 531. The Hall–Kier alpha value is -1.94. The van der Waals surface area contributed by atoms with Crippen molar-refractivity contribution in [3.8, 4) is 6.07 Å². The van der Waals surface area contributed by atoms with Crippen molar-refractivity contribution >= 4 is 11.6 Å². The minimum absolute atomic E-state index is 0.260. The smallest absolute Gasteiger partial charge is 0.241 e. The number of aliphatic hydroxyl groups is 2. The van der Waals surface area contributed by atoms with Gasteiger partial charge in [0.05, 0.1) is 29.5 Å². The number of nitrogens with one attached hydrogen (secondary N) is 1. The monoisotopic (exact) mass is 275 g/mol. The van der Waals surface area contributed by atoms with Gasteiger partial charge in [-0.15, -0.1) is 0 Å². The van der Waals surface area contributed by atoms with Crippen molar-refractivity contribution in [3.63, 3.8) is 0 Å². The molecule has 6 heteroatoms. The zero-order chi connectivity index (χ0) is 14.7. The average molecular weight is 275 g/mol. The Morgan fingerprint density at radius 1 is 1.40 bits per heavy atom. The first-order valence-corrected chi connectivity index (χ1v) is 6.43. The number of likely N-dealkylation sites (tertiary alicyclic amines) is 1. The van der Waals surface area contributed by atoms with E-state index in [1.807, 2.05) is 6.07 Å². The molecule has 1 fully saturated rings. The zero-order valence-corrected chi connectivity index (χ0v) is 11.2. The summed E-state index contributed by atoms with van der Waals surface area (Å²) >= 11 is 0. The summed E-state index contributed by atoms with van der Waals surface area (Å²) in [6.07, 6.45) is -1.65. The lowest BCUT2D eigenvalue weighted by atomic mass is 10.2. The van der Waals surface area contributed by atoms with E-state index in [9.17, 15) is 15.0 Å². The van der Waals surface area contributed by atoms with Crippen LogP contribution in [0.4, 0.5) is 5.69 Å². The molecule has 1 aromatic rings. The van der Waals surface area contributed by atoms with E-state index in [0.29, 0.717) is 11.3 Å². The van der Waals surface area contributed by atoms with E-state index in [-0.39, 0.29) is 19.0 Å². The number of hydrogen-bond donors (Lipinski definition) is 3. The number of nitriles is 1. The molecule has 6 nitrogen and oxygen atoms in total. The van der Waals surface area contributed by atoms with Crippen LogP contribution in [0.5, 0.6) is 0 Å². The third kappa shape index (κ3) is 2.96. The normalized spacial score (nSPS) is 24.1. The first-order chi connectivity index (χ1) is 9.52. The van der Waals surface area contributed by atoms with E-state index >= 15 is 0 Å². The highest BCUT2D eigenvalue weighted by atomic mass is 16.3. The first-order valence-electron chi connectivity index (χ1n) is 6.43. The van der Waals surface area contributed by atoms with Crippen LogP contribution in [0.15, 0.2) is 24.3 Å². The molecule has 3 atom stereocenters. The molecule has 2 rings (SSSR count). The fourth-order valence-corrected chi connectivity index (χ4v) is 2.21. The van der Waals surface area contributed by atoms with Crippen LogP contribution >= 0.6 is 0 Å². The van der Waals surface area contributed by atoms with Crippen molar-refractivity contribution in [2.75, 3.05) is 18.4 Å². The van der Waals surface area contributed by atoms with Gasteiger partial charge in [0, 0.05) is 13.1 Å². The highest BCUT2D eigenvalue weighted by Gasteiger charge is 2.34. The van der Waals surface area contributed by atoms with Crippen LogP contribution in [0.1, 0.15) is 12.5 Å². The maximum Gasteiger partial charge on any atom is 0.241 e. The van der Waals surface area contributed by atoms with Gasteiger partial charge in [-0.2, -0.15) is 5.26 Å². The highest BCUT2D eigenvalue weighted by Crippen LogP contribution is 2.17. The molecule has 106 valence electrons. The molecular formula is C14H17N3O3. The summed E-state index contributed by atoms with van der Waals surface area (Å²) in [5.74, 6) is -0.269. The standard InChI is InChI=1S/C14H17N3O3/c1-9(17-7-12(18)13(19)8-17)14(20)16-11-5-3-2-4-10(11)6-15/h2-5,9,12-13,18-19H,7-8H2,1H3,(H,16,20). The number of para-hydroxylation sites is 1. The number of benzene rings is 1. The topological polar surface area (TPSA) is 96.6 Å². The molecule has 0 spiro atoms. The summed E-state index contributed by atoms with van der Waals surface area (Å²) in [5.41, 5.74) is 0.863. The maximum atomic E-state index is 12.2. The van der Waals surface area contributed by atoms with Crippen molar-refractivity contribution in [2.45, 2.75) is 25.2 Å². The quantitative estimate of drug-likeness (QED) is 0.717. The fraction of sp³-hybridized carbons (Fsp3) is 0.429. The number of aliphatic hydroxyl groups excluding tert-OH is 2. The summed E-state index contributed by atoms with van der Waals surface area (Å²) in [6.45, 7) is 2.22. The molecule has 1 saturated heterocycles. The number of nitrogens with zero attached hydrogens (tertiary/aromatic N) is 2. The van der Waals surface area contributed by atoms with Gasteiger partial charge in [0.25, 0.3) is 0 Å². The van der Waals surface area contributed by atoms with E-state index in [1.165, 1.54) is 0 Å². The van der Waals surface area contributed by atoms with E-state index in [0.717, 1.165) is 0 Å². The summed E-state index contributed by atoms with van der Waals surface area (Å²) < 4.78 is 0. The second kappa shape index (κ2) is 6.01. The van der Waals surface area contributed by atoms with Crippen molar-refractivity contribution in [2.24, 2.45) is 0 Å². The molecule has 0 aromatic heterocycles. The van der Waals surface area contributed by atoms with Gasteiger partial charge in [0.1, 0.15) is 6.07 Å². The molecule has 0 bridgehead atoms. The van der Waals surface area contributed by atoms with Gasteiger partial charge in [-0.1, -0.05) is 12.1 Å². The molecule has 1 aliphatic rings. The fourth-order valence-electron chi connectivity index (χ4n) is 2.21. The Balaban J connectivity index is 2.03. The van der Waals surface area contributed by atoms with Crippen molar-refractivity contribution in [1.29, 1.82) is 5.26 Å². The number of carbonyl (C=O) groups is 1. The van der Waals surface area contributed by atoms with Gasteiger partial charge < -0.3 is 15.5 Å². The van der Waals surface area contributed by atoms with Crippen molar-refractivity contribution in [3.05, 3.63) is 29.8 Å². The van der Waals surface area contributed by atoms with E-state index in [4.69, 9.17) is 5.26 Å². The Labute approximate surface area is 117 Å². The van der Waals surface area contributed by atoms with Crippen LogP contribution in [0.2, 0.25) is 0 Å². The largest absolute Gasteiger partial charge is 0.389 e. The number of anilines is 1. The molecule has 3 N–H and O–H groups in total. The van der Waals surface area contributed by atoms with Crippen LogP contribution in [-0.2, 0) is 4.79 Å². The molecule has 0 aliphatic carbocycles. The predicted octanol–water partition coefficient (Wildman–Crippen LogP) is -0.0773. The van der Waals surface area contributed by atoms with Gasteiger partial charge in [-0.25, -0.2) is 0 Å². The molecule has 20 heavy (non-hydrogen) atoms.